The number of nitrogens with one attached hydrogen (secondary N) is 3. The average molecular weight is 371 g/mol. The zero-order valence-electron chi connectivity index (χ0n) is 15.8. The van der Waals surface area contributed by atoms with Crippen molar-refractivity contribution in [3.05, 3.63) is 12.2 Å². The van der Waals surface area contributed by atoms with Gasteiger partial charge in [-0.05, 0) is 25.7 Å². The molecule has 0 aromatic heterocycles. The van der Waals surface area contributed by atoms with Gasteiger partial charge in [-0.2, -0.15) is 0 Å². The van der Waals surface area contributed by atoms with E-state index in [-0.39, 0.29) is 18.9 Å². The molecule has 150 valence electrons. The summed E-state index contributed by atoms with van der Waals surface area (Å²) in [5, 5.41) is 27.2. The standard InChI is InChI=1S/C18H33N3O5/c1-4-6-8-14(20-12-22)18(26)21-15(11-13(3)5-2)17(25)19-10-7-9-16(23)24/h12,14-15,18,21,26H,3-11H2,1-2H3,(H,19,25)(H,20,22)(H,23,24)/t14-,15+,18?/m0/s1. The first-order valence-electron chi connectivity index (χ1n) is 9.15. The third-order valence-corrected chi connectivity index (χ3v) is 4.08. The van der Waals surface area contributed by atoms with Gasteiger partial charge in [-0.25, -0.2) is 0 Å². The van der Waals surface area contributed by atoms with Gasteiger partial charge in [0.1, 0.15) is 6.23 Å². The van der Waals surface area contributed by atoms with Gasteiger partial charge in [0.05, 0.1) is 12.1 Å². The second kappa shape index (κ2) is 14.3. The molecule has 0 aliphatic rings. The number of aliphatic carboxylic acids is 1. The molecule has 26 heavy (non-hydrogen) atoms. The number of rotatable bonds is 16. The summed E-state index contributed by atoms with van der Waals surface area (Å²) in [7, 11) is 0. The third-order valence-electron chi connectivity index (χ3n) is 4.08. The van der Waals surface area contributed by atoms with Crippen LogP contribution in [0.3, 0.4) is 0 Å². The van der Waals surface area contributed by atoms with E-state index in [1.165, 1.54) is 0 Å². The van der Waals surface area contributed by atoms with Crippen LogP contribution in [0.25, 0.3) is 0 Å². The molecule has 0 saturated heterocycles. The predicted molar refractivity (Wildman–Crippen MR) is 99.4 cm³/mol. The third kappa shape index (κ3) is 10.8. The Morgan fingerprint density at radius 1 is 1.23 bits per heavy atom. The van der Waals surface area contributed by atoms with Crippen molar-refractivity contribution in [2.24, 2.45) is 0 Å². The van der Waals surface area contributed by atoms with Crippen molar-refractivity contribution in [1.29, 1.82) is 0 Å². The van der Waals surface area contributed by atoms with E-state index in [0.717, 1.165) is 18.4 Å². The van der Waals surface area contributed by atoms with Crippen molar-refractivity contribution < 1.29 is 24.6 Å². The molecule has 0 bridgehead atoms. The van der Waals surface area contributed by atoms with Crippen molar-refractivity contribution in [3.8, 4) is 0 Å². The second-order valence-electron chi connectivity index (χ2n) is 6.29. The number of aliphatic hydroxyl groups excluding tert-OH is 1. The van der Waals surface area contributed by atoms with Crippen LogP contribution in [0.1, 0.15) is 58.8 Å². The molecule has 8 nitrogen and oxygen atoms in total. The zero-order chi connectivity index (χ0) is 19.9. The number of hydrogen-bond donors (Lipinski definition) is 5. The zero-order valence-corrected chi connectivity index (χ0v) is 15.8. The molecule has 0 aliphatic heterocycles. The molecule has 3 atom stereocenters. The Hall–Kier alpha value is -1.93. The number of aliphatic hydroxyl groups is 1. The molecule has 0 heterocycles. The van der Waals surface area contributed by atoms with Crippen molar-refractivity contribution in [2.75, 3.05) is 6.54 Å². The first kappa shape index (κ1) is 24.1. The molecule has 5 N–H and O–H groups in total. The van der Waals surface area contributed by atoms with Gasteiger partial charge in [0, 0.05) is 13.0 Å². The lowest BCUT2D eigenvalue weighted by molar-refractivity contribution is -0.137. The van der Waals surface area contributed by atoms with E-state index in [0.29, 0.717) is 32.1 Å². The van der Waals surface area contributed by atoms with E-state index in [1.807, 2.05) is 13.8 Å². The maximum absolute atomic E-state index is 12.4. The van der Waals surface area contributed by atoms with Gasteiger partial charge in [0.15, 0.2) is 0 Å². The molecule has 0 rings (SSSR count). The number of carbonyl (C=O) groups is 3. The van der Waals surface area contributed by atoms with E-state index >= 15 is 0 Å². The highest BCUT2D eigenvalue weighted by atomic mass is 16.4. The average Bonchev–Trinajstić information content (AvgIpc) is 2.60. The minimum atomic E-state index is -1.08. The quantitative estimate of drug-likeness (QED) is 0.119. The fraction of sp³-hybridized carbons (Fsp3) is 0.722. The summed E-state index contributed by atoms with van der Waals surface area (Å²) in [6, 6.07) is -1.20. The van der Waals surface area contributed by atoms with Gasteiger partial charge < -0.3 is 20.8 Å². The van der Waals surface area contributed by atoms with Crippen molar-refractivity contribution in [1.82, 2.24) is 16.0 Å². The van der Waals surface area contributed by atoms with Gasteiger partial charge >= 0.3 is 5.97 Å². The molecule has 0 aliphatic carbocycles. The maximum Gasteiger partial charge on any atom is 0.303 e. The van der Waals surface area contributed by atoms with Crippen molar-refractivity contribution >= 4 is 18.3 Å². The first-order valence-corrected chi connectivity index (χ1v) is 9.15. The van der Waals surface area contributed by atoms with E-state index in [9.17, 15) is 19.5 Å². The van der Waals surface area contributed by atoms with Crippen molar-refractivity contribution in [2.45, 2.75) is 77.1 Å². The van der Waals surface area contributed by atoms with Crippen LogP contribution in [0.15, 0.2) is 12.2 Å². The van der Waals surface area contributed by atoms with Crippen LogP contribution >= 0.6 is 0 Å². The summed E-state index contributed by atoms with van der Waals surface area (Å²) < 4.78 is 0. The fourth-order valence-electron chi connectivity index (χ4n) is 2.40. The van der Waals surface area contributed by atoms with E-state index in [4.69, 9.17) is 5.11 Å². The summed E-state index contributed by atoms with van der Waals surface area (Å²) >= 11 is 0. The molecule has 8 heteroatoms. The highest BCUT2D eigenvalue weighted by molar-refractivity contribution is 5.82. The number of amides is 2. The van der Waals surface area contributed by atoms with E-state index in [1.54, 1.807) is 0 Å². The lowest BCUT2D eigenvalue weighted by Gasteiger charge is -2.28. The number of carboxylic acid groups (broad SMARTS) is 1. The molecular formula is C18H33N3O5. The summed E-state index contributed by atoms with van der Waals surface area (Å²) in [6.45, 7) is 8.08. The van der Waals surface area contributed by atoms with Gasteiger partial charge in [0.25, 0.3) is 0 Å². The summed E-state index contributed by atoms with van der Waals surface area (Å²) in [5.74, 6) is -1.24. The Bertz CT molecular complexity index is 456. The van der Waals surface area contributed by atoms with Crippen LogP contribution in [-0.4, -0.2) is 53.4 Å². The summed E-state index contributed by atoms with van der Waals surface area (Å²) in [5.41, 5.74) is 0.851. The molecular weight excluding hydrogens is 338 g/mol. The summed E-state index contributed by atoms with van der Waals surface area (Å²) in [4.78, 5) is 33.7. The van der Waals surface area contributed by atoms with Crippen LogP contribution in [0, 0.1) is 0 Å². The van der Waals surface area contributed by atoms with Crippen LogP contribution in [0.4, 0.5) is 0 Å². The topological polar surface area (TPSA) is 128 Å². The maximum atomic E-state index is 12.4. The van der Waals surface area contributed by atoms with Gasteiger partial charge in [-0.15, -0.1) is 0 Å². The smallest absolute Gasteiger partial charge is 0.303 e. The van der Waals surface area contributed by atoms with E-state index < -0.39 is 24.3 Å². The molecule has 1 unspecified atom stereocenters. The SMILES string of the molecule is C=C(CC)C[C@@H](NC(O)[C@H](CCCC)NC=O)C(=O)NCCCC(=O)O. The Balaban J connectivity index is 4.81. The minimum absolute atomic E-state index is 0.0228. The molecule has 0 aromatic rings. The molecule has 0 fully saturated rings. The lowest BCUT2D eigenvalue weighted by Crippen LogP contribution is -2.55. The Kier molecular flexibility index (Phi) is 13.2. The highest BCUT2D eigenvalue weighted by Crippen LogP contribution is 2.10. The van der Waals surface area contributed by atoms with Crippen LogP contribution < -0.4 is 16.0 Å². The number of hydrogen-bond acceptors (Lipinski definition) is 5. The molecule has 2 amide bonds. The largest absolute Gasteiger partial charge is 0.481 e. The van der Waals surface area contributed by atoms with Crippen LogP contribution in [0.5, 0.6) is 0 Å². The molecule has 0 radical (unpaired) electrons. The lowest BCUT2D eigenvalue weighted by atomic mass is 10.0. The van der Waals surface area contributed by atoms with Crippen molar-refractivity contribution in [3.63, 3.8) is 0 Å². The molecule has 0 saturated carbocycles. The van der Waals surface area contributed by atoms with E-state index in [2.05, 4.69) is 22.5 Å². The van der Waals surface area contributed by atoms with Gasteiger partial charge in [-0.3, -0.25) is 19.7 Å². The normalized spacial score (nSPS) is 14.1. The monoisotopic (exact) mass is 371 g/mol. The minimum Gasteiger partial charge on any atom is -0.481 e. The number of unbranched alkanes of at least 4 members (excludes halogenated alkanes) is 1. The Labute approximate surface area is 155 Å². The molecule has 0 spiro atoms. The molecule has 0 aromatic carbocycles. The van der Waals surface area contributed by atoms with Crippen LogP contribution in [0.2, 0.25) is 0 Å². The second-order valence-corrected chi connectivity index (χ2v) is 6.29. The van der Waals surface area contributed by atoms with Crippen LogP contribution in [-0.2, 0) is 14.4 Å². The van der Waals surface area contributed by atoms with Gasteiger partial charge in [0.2, 0.25) is 12.3 Å². The van der Waals surface area contributed by atoms with Gasteiger partial charge in [-0.1, -0.05) is 38.8 Å². The predicted octanol–water partition coefficient (Wildman–Crippen LogP) is 0.905. The number of carboxylic acids is 1. The fourth-order valence-corrected chi connectivity index (χ4v) is 2.40. The Morgan fingerprint density at radius 2 is 1.92 bits per heavy atom. The Morgan fingerprint density at radius 3 is 2.46 bits per heavy atom. The first-order chi connectivity index (χ1) is 12.3. The number of carbonyl (C=O) groups excluding carboxylic acids is 2. The summed E-state index contributed by atoms with van der Waals surface area (Å²) in [6.07, 6.45) is 3.16. The highest BCUT2D eigenvalue weighted by Gasteiger charge is 2.26.